The largest absolute Gasteiger partial charge is 0.355 e. The minimum absolute atomic E-state index is 0.198. The van der Waals surface area contributed by atoms with Gasteiger partial charge < -0.3 is 10.2 Å². The Kier molecular flexibility index (Phi) is 8.63. The Morgan fingerprint density at radius 3 is 2.44 bits per heavy atom. The molecule has 0 fully saturated rings. The first kappa shape index (κ1) is 25.6. The third-order valence-electron chi connectivity index (χ3n) is 4.94. The third kappa shape index (κ3) is 6.43. The Morgan fingerprint density at radius 2 is 1.84 bits per heavy atom. The Morgan fingerprint density at radius 1 is 1.19 bits per heavy atom. The molecule has 0 saturated heterocycles. The first-order valence-electron chi connectivity index (χ1n) is 10.00. The number of carbonyl (C=O) groups excluding carboxylic acids is 2. The highest BCUT2D eigenvalue weighted by molar-refractivity contribution is 7.92. The number of hydrogen-bond acceptors (Lipinski definition) is 4. The van der Waals surface area contributed by atoms with Crippen molar-refractivity contribution < 1.29 is 22.4 Å². The van der Waals surface area contributed by atoms with Crippen LogP contribution in [0, 0.1) is 12.7 Å². The van der Waals surface area contributed by atoms with Crippen molar-refractivity contribution in [3.05, 3.63) is 64.4 Å². The molecule has 0 saturated carbocycles. The summed E-state index contributed by atoms with van der Waals surface area (Å²) in [4.78, 5) is 27.0. The van der Waals surface area contributed by atoms with E-state index in [1.165, 1.54) is 36.1 Å². The van der Waals surface area contributed by atoms with Gasteiger partial charge in [-0.15, -0.1) is 0 Å². The summed E-state index contributed by atoms with van der Waals surface area (Å²) in [7, 11) is -3.87. The van der Waals surface area contributed by atoms with E-state index in [4.69, 9.17) is 11.6 Å². The van der Waals surface area contributed by atoms with Crippen LogP contribution in [0.5, 0.6) is 0 Å². The van der Waals surface area contributed by atoms with Gasteiger partial charge in [-0.3, -0.25) is 13.9 Å². The summed E-state index contributed by atoms with van der Waals surface area (Å²) in [6.45, 7) is 4.53. The van der Waals surface area contributed by atoms with E-state index in [1.807, 2.05) is 0 Å². The van der Waals surface area contributed by atoms with Crippen molar-refractivity contribution in [2.45, 2.75) is 33.4 Å². The molecule has 2 aromatic carbocycles. The number of sulfonamides is 1. The van der Waals surface area contributed by atoms with Crippen LogP contribution in [0.15, 0.2) is 42.5 Å². The average molecular weight is 484 g/mol. The number of aryl methyl sites for hydroxylation is 1. The molecular formula is C22H27ClFN3O4S. The number of amides is 2. The number of nitrogens with zero attached hydrogens (tertiary/aromatic N) is 2. The minimum Gasteiger partial charge on any atom is -0.355 e. The van der Waals surface area contributed by atoms with Gasteiger partial charge in [0.15, 0.2) is 0 Å². The Hall–Kier alpha value is -2.65. The van der Waals surface area contributed by atoms with E-state index >= 15 is 0 Å². The zero-order chi connectivity index (χ0) is 24.1. The molecule has 0 bridgehead atoms. The molecule has 0 radical (unpaired) electrons. The lowest BCUT2D eigenvalue weighted by atomic mass is 10.1. The molecule has 2 rings (SSSR count). The predicted octanol–water partition coefficient (Wildman–Crippen LogP) is 3.11. The van der Waals surface area contributed by atoms with Crippen LogP contribution in [0.3, 0.4) is 0 Å². The van der Waals surface area contributed by atoms with Crippen LogP contribution in [0.2, 0.25) is 5.02 Å². The molecule has 10 heteroatoms. The van der Waals surface area contributed by atoms with Gasteiger partial charge in [0.05, 0.1) is 11.9 Å². The van der Waals surface area contributed by atoms with Crippen molar-refractivity contribution in [1.82, 2.24) is 10.2 Å². The van der Waals surface area contributed by atoms with Gasteiger partial charge in [-0.2, -0.15) is 0 Å². The summed E-state index contributed by atoms with van der Waals surface area (Å²) in [5.74, 6) is -1.61. The standard InChI is InChI=1S/C22H27ClFN3O4S/c1-5-25-22(29)16(3)26(13-17-8-6-7-9-19(17)24)21(28)14-27(32(4,30)31)20-12-18(23)11-10-15(20)2/h6-12,16H,5,13-14H2,1-4H3,(H,25,29)/t16-/m1/s1. The summed E-state index contributed by atoms with van der Waals surface area (Å²) in [6, 6.07) is 9.67. The highest BCUT2D eigenvalue weighted by Crippen LogP contribution is 2.26. The summed E-state index contributed by atoms with van der Waals surface area (Å²) >= 11 is 6.05. The predicted molar refractivity (Wildman–Crippen MR) is 123 cm³/mol. The molecule has 0 aliphatic carbocycles. The van der Waals surface area contributed by atoms with Crippen molar-refractivity contribution in [1.29, 1.82) is 0 Å². The highest BCUT2D eigenvalue weighted by atomic mass is 35.5. The van der Waals surface area contributed by atoms with Crippen LogP contribution in [-0.4, -0.2) is 50.5 Å². The molecular weight excluding hydrogens is 457 g/mol. The Bertz CT molecular complexity index is 1090. The fourth-order valence-electron chi connectivity index (χ4n) is 3.16. The molecule has 32 heavy (non-hydrogen) atoms. The monoisotopic (exact) mass is 483 g/mol. The van der Waals surface area contributed by atoms with Gasteiger partial charge in [0, 0.05) is 23.7 Å². The fourth-order valence-corrected chi connectivity index (χ4v) is 4.23. The SMILES string of the molecule is CCNC(=O)[C@@H](C)N(Cc1ccccc1F)C(=O)CN(c1cc(Cl)ccc1C)S(C)(=O)=O. The molecule has 0 heterocycles. The van der Waals surface area contributed by atoms with Gasteiger partial charge >= 0.3 is 0 Å². The molecule has 0 aromatic heterocycles. The summed E-state index contributed by atoms with van der Waals surface area (Å²) in [6.07, 6.45) is 0.981. The first-order valence-corrected chi connectivity index (χ1v) is 12.2. The van der Waals surface area contributed by atoms with E-state index in [1.54, 1.807) is 32.0 Å². The van der Waals surface area contributed by atoms with Crippen LogP contribution < -0.4 is 9.62 Å². The normalized spacial score (nSPS) is 12.2. The topological polar surface area (TPSA) is 86.8 Å². The smallest absolute Gasteiger partial charge is 0.244 e. The molecule has 2 aromatic rings. The van der Waals surface area contributed by atoms with Crippen LogP contribution in [0.1, 0.15) is 25.0 Å². The van der Waals surface area contributed by atoms with E-state index in [0.717, 1.165) is 10.6 Å². The summed E-state index contributed by atoms with van der Waals surface area (Å²) in [5, 5.41) is 2.95. The molecule has 1 N–H and O–H groups in total. The maximum absolute atomic E-state index is 14.3. The van der Waals surface area contributed by atoms with E-state index < -0.39 is 40.2 Å². The van der Waals surface area contributed by atoms with Gasteiger partial charge in [0.2, 0.25) is 21.8 Å². The second-order valence-electron chi connectivity index (χ2n) is 7.38. The quantitative estimate of drug-likeness (QED) is 0.593. The minimum atomic E-state index is -3.87. The lowest BCUT2D eigenvalue weighted by Gasteiger charge is -2.32. The van der Waals surface area contributed by atoms with Crippen LogP contribution in [0.25, 0.3) is 0 Å². The molecule has 0 unspecified atom stereocenters. The highest BCUT2D eigenvalue weighted by Gasteiger charge is 2.30. The van der Waals surface area contributed by atoms with Crippen molar-refractivity contribution >= 4 is 39.1 Å². The lowest BCUT2D eigenvalue weighted by molar-refractivity contribution is -0.139. The Labute approximate surface area is 193 Å². The van der Waals surface area contributed by atoms with Gasteiger partial charge in [-0.05, 0) is 44.5 Å². The lowest BCUT2D eigenvalue weighted by Crippen LogP contribution is -2.51. The summed E-state index contributed by atoms with van der Waals surface area (Å²) < 4.78 is 40.3. The van der Waals surface area contributed by atoms with Gasteiger partial charge in [-0.25, -0.2) is 12.8 Å². The second-order valence-corrected chi connectivity index (χ2v) is 9.73. The summed E-state index contributed by atoms with van der Waals surface area (Å²) in [5.41, 5.74) is 1.07. The second kappa shape index (κ2) is 10.8. The zero-order valence-corrected chi connectivity index (χ0v) is 20.0. The molecule has 0 spiro atoms. The van der Waals surface area contributed by atoms with Gasteiger partial charge in [0.25, 0.3) is 0 Å². The molecule has 0 aliphatic heterocycles. The van der Waals surface area contributed by atoms with Crippen LogP contribution in [0.4, 0.5) is 10.1 Å². The molecule has 0 aliphatic rings. The van der Waals surface area contributed by atoms with E-state index in [0.29, 0.717) is 17.1 Å². The number of hydrogen-bond donors (Lipinski definition) is 1. The Balaban J connectivity index is 2.45. The molecule has 174 valence electrons. The van der Waals surface area contributed by atoms with Crippen molar-refractivity contribution in [2.75, 3.05) is 23.7 Å². The fraction of sp³-hybridized carbons (Fsp3) is 0.364. The van der Waals surface area contributed by atoms with E-state index in [9.17, 15) is 22.4 Å². The number of likely N-dealkylation sites (N-methyl/N-ethyl adjacent to an activating group) is 1. The number of rotatable bonds is 9. The number of nitrogens with one attached hydrogen (secondary N) is 1. The average Bonchev–Trinajstić information content (AvgIpc) is 2.72. The number of carbonyl (C=O) groups is 2. The van der Waals surface area contributed by atoms with Crippen LogP contribution >= 0.6 is 11.6 Å². The first-order chi connectivity index (χ1) is 15.0. The van der Waals surface area contributed by atoms with E-state index in [2.05, 4.69) is 5.32 Å². The maximum Gasteiger partial charge on any atom is 0.244 e. The molecule has 2 amide bonds. The van der Waals surface area contributed by atoms with Crippen LogP contribution in [-0.2, 0) is 26.2 Å². The molecule has 7 nitrogen and oxygen atoms in total. The zero-order valence-electron chi connectivity index (χ0n) is 18.4. The van der Waals surface area contributed by atoms with E-state index in [-0.39, 0.29) is 17.8 Å². The van der Waals surface area contributed by atoms with Crippen molar-refractivity contribution in [2.24, 2.45) is 0 Å². The van der Waals surface area contributed by atoms with Gasteiger partial charge in [-0.1, -0.05) is 35.9 Å². The van der Waals surface area contributed by atoms with Gasteiger partial charge in [0.1, 0.15) is 18.4 Å². The maximum atomic E-state index is 14.3. The van der Waals surface area contributed by atoms with Crippen molar-refractivity contribution in [3.63, 3.8) is 0 Å². The number of anilines is 1. The number of benzene rings is 2. The third-order valence-corrected chi connectivity index (χ3v) is 6.30. The van der Waals surface area contributed by atoms with Crippen molar-refractivity contribution in [3.8, 4) is 0 Å². The number of halogens is 2. The molecule has 1 atom stereocenters.